The first kappa shape index (κ1) is 23.3. The summed E-state index contributed by atoms with van der Waals surface area (Å²) in [6.07, 6.45) is 0.204. The smallest absolute Gasteiger partial charge is 0.242 e. The van der Waals surface area contributed by atoms with E-state index in [1.165, 1.54) is 0 Å². The molecule has 1 atom stereocenters. The quantitative estimate of drug-likeness (QED) is 0.649. The lowest BCUT2D eigenvalue weighted by molar-refractivity contribution is -0.140. The number of ether oxygens (including phenoxy) is 2. The summed E-state index contributed by atoms with van der Waals surface area (Å²) in [5, 5.41) is 2.93. The molecule has 2 rings (SSSR count). The van der Waals surface area contributed by atoms with Gasteiger partial charge in [-0.15, -0.1) is 0 Å². The van der Waals surface area contributed by atoms with E-state index in [0.29, 0.717) is 24.8 Å². The fourth-order valence-corrected chi connectivity index (χ4v) is 3.02. The second-order valence-electron chi connectivity index (χ2n) is 7.71. The van der Waals surface area contributed by atoms with Crippen LogP contribution in [0.5, 0.6) is 11.5 Å². The maximum atomic E-state index is 13.2. The molecule has 0 bridgehead atoms. The van der Waals surface area contributed by atoms with Crippen molar-refractivity contribution in [3.63, 3.8) is 0 Å². The molecular weight excluding hydrogens is 380 g/mol. The summed E-state index contributed by atoms with van der Waals surface area (Å²) < 4.78 is 10.5. The molecule has 0 aromatic heterocycles. The van der Waals surface area contributed by atoms with E-state index in [4.69, 9.17) is 9.47 Å². The van der Waals surface area contributed by atoms with Crippen LogP contribution in [0, 0.1) is 5.92 Å². The van der Waals surface area contributed by atoms with Crippen molar-refractivity contribution in [2.75, 3.05) is 20.8 Å². The van der Waals surface area contributed by atoms with Crippen LogP contribution in [0.2, 0.25) is 0 Å². The average molecular weight is 413 g/mol. The lowest BCUT2D eigenvalue weighted by Crippen LogP contribution is -2.48. The largest absolute Gasteiger partial charge is 0.497 e. The molecule has 0 saturated heterocycles. The maximum Gasteiger partial charge on any atom is 0.242 e. The summed E-state index contributed by atoms with van der Waals surface area (Å²) >= 11 is 0. The van der Waals surface area contributed by atoms with Crippen molar-refractivity contribution in [2.24, 2.45) is 5.92 Å². The van der Waals surface area contributed by atoms with Gasteiger partial charge in [-0.1, -0.05) is 38.1 Å². The normalized spacial score (nSPS) is 11.7. The van der Waals surface area contributed by atoms with Gasteiger partial charge in [-0.2, -0.15) is 0 Å². The minimum absolute atomic E-state index is 0.116. The first-order valence-electron chi connectivity index (χ1n) is 10.2. The molecule has 2 aromatic carbocycles. The van der Waals surface area contributed by atoms with Crippen LogP contribution in [0.3, 0.4) is 0 Å². The number of nitrogens with one attached hydrogen (secondary N) is 1. The Hall–Kier alpha value is -3.02. The lowest BCUT2D eigenvalue weighted by atomic mass is 10.1. The van der Waals surface area contributed by atoms with E-state index in [1.54, 1.807) is 26.0 Å². The van der Waals surface area contributed by atoms with Gasteiger partial charge in [0.15, 0.2) is 0 Å². The number of hydrogen-bond donors (Lipinski definition) is 1. The topological polar surface area (TPSA) is 67.9 Å². The van der Waals surface area contributed by atoms with Gasteiger partial charge in [0.1, 0.15) is 17.5 Å². The Morgan fingerprint density at radius 3 is 2.20 bits per heavy atom. The summed E-state index contributed by atoms with van der Waals surface area (Å²) in [7, 11) is 3.21. The third-order valence-electron chi connectivity index (χ3n) is 4.85. The van der Waals surface area contributed by atoms with E-state index in [-0.39, 0.29) is 18.2 Å². The first-order chi connectivity index (χ1) is 14.3. The van der Waals surface area contributed by atoms with Crippen LogP contribution in [-0.4, -0.2) is 43.5 Å². The third kappa shape index (κ3) is 6.79. The monoisotopic (exact) mass is 412 g/mol. The number of rotatable bonds is 10. The highest BCUT2D eigenvalue weighted by molar-refractivity contribution is 5.88. The molecule has 0 heterocycles. The standard InChI is InChI=1S/C24H32N2O4/c1-17(2)15-25-24(28)18(3)26(16-20-7-6-8-22(13-20)30-5)23(27)14-19-9-11-21(29-4)12-10-19/h6-13,17-18H,14-16H2,1-5H3,(H,25,28)/t18-/m1/s1. The van der Waals surface area contributed by atoms with Crippen molar-refractivity contribution in [1.29, 1.82) is 0 Å². The van der Waals surface area contributed by atoms with Crippen LogP contribution < -0.4 is 14.8 Å². The molecular formula is C24H32N2O4. The van der Waals surface area contributed by atoms with Gasteiger partial charge in [-0.3, -0.25) is 9.59 Å². The van der Waals surface area contributed by atoms with E-state index in [0.717, 1.165) is 16.9 Å². The van der Waals surface area contributed by atoms with Crippen molar-refractivity contribution < 1.29 is 19.1 Å². The number of carbonyl (C=O) groups excluding carboxylic acids is 2. The van der Waals surface area contributed by atoms with Crippen molar-refractivity contribution in [3.8, 4) is 11.5 Å². The Kier molecular flexibility index (Phi) is 8.71. The fourth-order valence-electron chi connectivity index (χ4n) is 3.02. The summed E-state index contributed by atoms with van der Waals surface area (Å²) in [5.41, 5.74) is 1.77. The van der Waals surface area contributed by atoms with Gasteiger partial charge in [-0.05, 0) is 48.2 Å². The Morgan fingerprint density at radius 1 is 0.933 bits per heavy atom. The number of methoxy groups -OCH3 is 2. The van der Waals surface area contributed by atoms with Crippen LogP contribution in [0.4, 0.5) is 0 Å². The molecule has 0 unspecified atom stereocenters. The Balaban J connectivity index is 2.21. The zero-order chi connectivity index (χ0) is 22.1. The molecule has 2 aromatic rings. The minimum atomic E-state index is -0.597. The van der Waals surface area contributed by atoms with E-state index in [9.17, 15) is 9.59 Å². The molecule has 30 heavy (non-hydrogen) atoms. The second-order valence-corrected chi connectivity index (χ2v) is 7.71. The van der Waals surface area contributed by atoms with Gasteiger partial charge in [0.05, 0.1) is 20.6 Å². The van der Waals surface area contributed by atoms with Gasteiger partial charge in [0.2, 0.25) is 11.8 Å². The molecule has 0 spiro atoms. The molecule has 0 fully saturated rings. The zero-order valence-electron chi connectivity index (χ0n) is 18.5. The van der Waals surface area contributed by atoms with Crippen LogP contribution in [0.25, 0.3) is 0 Å². The highest BCUT2D eigenvalue weighted by Crippen LogP contribution is 2.18. The molecule has 6 heteroatoms. The van der Waals surface area contributed by atoms with E-state index < -0.39 is 6.04 Å². The Labute approximate surface area is 179 Å². The summed E-state index contributed by atoms with van der Waals surface area (Å²) in [5.74, 6) is 1.51. The number of hydrogen-bond acceptors (Lipinski definition) is 4. The van der Waals surface area contributed by atoms with Crippen LogP contribution in [0.15, 0.2) is 48.5 Å². The van der Waals surface area contributed by atoms with E-state index in [2.05, 4.69) is 5.32 Å². The van der Waals surface area contributed by atoms with Crippen LogP contribution in [-0.2, 0) is 22.6 Å². The summed E-state index contributed by atoms with van der Waals surface area (Å²) in [4.78, 5) is 27.5. The molecule has 6 nitrogen and oxygen atoms in total. The molecule has 0 saturated carbocycles. The summed E-state index contributed by atoms with van der Waals surface area (Å²) in [6.45, 7) is 6.73. The van der Waals surface area contributed by atoms with Crippen molar-refractivity contribution in [1.82, 2.24) is 10.2 Å². The molecule has 162 valence electrons. The number of carbonyl (C=O) groups is 2. The van der Waals surface area contributed by atoms with Gasteiger partial charge in [0.25, 0.3) is 0 Å². The lowest BCUT2D eigenvalue weighted by Gasteiger charge is -2.29. The number of benzene rings is 2. The predicted octanol–water partition coefficient (Wildman–Crippen LogP) is 3.44. The second kappa shape index (κ2) is 11.2. The molecule has 1 N–H and O–H groups in total. The molecule has 0 aliphatic carbocycles. The van der Waals surface area contributed by atoms with E-state index >= 15 is 0 Å². The fraction of sp³-hybridized carbons (Fsp3) is 0.417. The highest BCUT2D eigenvalue weighted by Gasteiger charge is 2.26. The summed E-state index contributed by atoms with van der Waals surface area (Å²) in [6, 6.07) is 14.3. The van der Waals surface area contributed by atoms with Gasteiger partial charge in [0, 0.05) is 13.1 Å². The molecule has 2 amide bonds. The molecule has 0 aliphatic rings. The SMILES string of the molecule is COc1ccc(CC(=O)N(Cc2cccc(OC)c2)[C@H](C)C(=O)NCC(C)C)cc1. The van der Waals surface area contributed by atoms with Crippen LogP contribution >= 0.6 is 0 Å². The zero-order valence-corrected chi connectivity index (χ0v) is 18.5. The van der Waals surface area contributed by atoms with Gasteiger partial charge in [-0.25, -0.2) is 0 Å². The maximum absolute atomic E-state index is 13.2. The molecule has 0 aliphatic heterocycles. The van der Waals surface area contributed by atoms with Gasteiger partial charge >= 0.3 is 0 Å². The van der Waals surface area contributed by atoms with E-state index in [1.807, 2.05) is 62.4 Å². The average Bonchev–Trinajstić information content (AvgIpc) is 2.75. The Morgan fingerprint density at radius 2 is 1.60 bits per heavy atom. The minimum Gasteiger partial charge on any atom is -0.497 e. The van der Waals surface area contributed by atoms with Crippen molar-refractivity contribution in [3.05, 3.63) is 59.7 Å². The third-order valence-corrected chi connectivity index (χ3v) is 4.85. The number of amides is 2. The number of nitrogens with zero attached hydrogens (tertiary/aromatic N) is 1. The molecule has 0 radical (unpaired) electrons. The predicted molar refractivity (Wildman–Crippen MR) is 118 cm³/mol. The van der Waals surface area contributed by atoms with Gasteiger partial charge < -0.3 is 19.7 Å². The van der Waals surface area contributed by atoms with Crippen molar-refractivity contribution in [2.45, 2.75) is 39.8 Å². The first-order valence-corrected chi connectivity index (χ1v) is 10.2. The highest BCUT2D eigenvalue weighted by atomic mass is 16.5. The van der Waals surface area contributed by atoms with Crippen molar-refractivity contribution >= 4 is 11.8 Å². The Bertz CT molecular complexity index is 833. The van der Waals surface area contributed by atoms with Crippen LogP contribution in [0.1, 0.15) is 31.9 Å².